The summed E-state index contributed by atoms with van der Waals surface area (Å²) in [6.07, 6.45) is 5.35. The van der Waals surface area contributed by atoms with E-state index in [-0.39, 0.29) is 12.3 Å². The van der Waals surface area contributed by atoms with Crippen molar-refractivity contribution in [3.63, 3.8) is 0 Å². The van der Waals surface area contributed by atoms with E-state index in [1.165, 1.54) is 61.3 Å². The van der Waals surface area contributed by atoms with Gasteiger partial charge in [-0.2, -0.15) is 5.26 Å². The van der Waals surface area contributed by atoms with Crippen molar-refractivity contribution in [1.29, 1.82) is 5.26 Å². The lowest BCUT2D eigenvalue weighted by Gasteiger charge is -2.21. The molecule has 0 N–H and O–H groups in total. The Labute approximate surface area is 191 Å². The molecule has 1 saturated carbocycles. The van der Waals surface area contributed by atoms with E-state index in [4.69, 9.17) is 9.72 Å². The van der Waals surface area contributed by atoms with Crippen LogP contribution in [0.1, 0.15) is 47.5 Å². The number of thiazole rings is 1. The van der Waals surface area contributed by atoms with Gasteiger partial charge < -0.3 is 4.74 Å². The Morgan fingerprint density at radius 3 is 2.72 bits per heavy atom. The van der Waals surface area contributed by atoms with Gasteiger partial charge in [-0.25, -0.2) is 14.2 Å². The van der Waals surface area contributed by atoms with Gasteiger partial charge in [-0.3, -0.25) is 4.90 Å². The Kier molecular flexibility index (Phi) is 6.81. The Hall–Kier alpha value is -3.24. The van der Waals surface area contributed by atoms with Gasteiger partial charge in [0.2, 0.25) is 0 Å². The number of hydrogen-bond acceptors (Lipinski definition) is 5. The second-order valence-corrected chi connectivity index (χ2v) is 9.14. The highest BCUT2D eigenvalue weighted by molar-refractivity contribution is 7.16. The monoisotopic (exact) mass is 449 g/mol. The lowest BCUT2D eigenvalue weighted by atomic mass is 10.1. The molecule has 1 fully saturated rings. The molecule has 1 aliphatic carbocycles. The highest BCUT2D eigenvalue weighted by atomic mass is 32.1. The third kappa shape index (κ3) is 5.32. The number of amides is 1. The first-order chi connectivity index (χ1) is 15.5. The fourth-order valence-electron chi connectivity index (χ4n) is 4.04. The molecular formula is C25H24FN3O2S. The van der Waals surface area contributed by atoms with Crippen molar-refractivity contribution in [2.24, 2.45) is 5.92 Å². The molecule has 0 bridgehead atoms. The number of rotatable bonds is 6. The summed E-state index contributed by atoms with van der Waals surface area (Å²) in [5.41, 5.74) is 2.11. The molecular weight excluding hydrogens is 425 g/mol. The summed E-state index contributed by atoms with van der Waals surface area (Å²) in [6.45, 7) is 2.13. The zero-order valence-electron chi connectivity index (χ0n) is 17.9. The van der Waals surface area contributed by atoms with Crippen LogP contribution < -0.4 is 9.64 Å². The van der Waals surface area contributed by atoms with Crippen LogP contribution in [0.25, 0.3) is 0 Å². The van der Waals surface area contributed by atoms with Crippen molar-refractivity contribution in [1.82, 2.24) is 4.98 Å². The number of carbonyl (C=O) groups excluding carboxylic acids is 1. The van der Waals surface area contributed by atoms with Crippen molar-refractivity contribution in [3.05, 3.63) is 76.2 Å². The normalized spacial score (nSPS) is 13.7. The van der Waals surface area contributed by atoms with Gasteiger partial charge >= 0.3 is 6.09 Å². The molecule has 1 aliphatic rings. The van der Waals surface area contributed by atoms with E-state index in [1.807, 2.05) is 13.0 Å². The van der Waals surface area contributed by atoms with Crippen LogP contribution in [0.3, 0.4) is 0 Å². The summed E-state index contributed by atoms with van der Waals surface area (Å²) in [4.78, 5) is 19.5. The smallest absolute Gasteiger partial charge is 0.410 e. The summed E-state index contributed by atoms with van der Waals surface area (Å²) in [5.74, 6) is 0.519. The fraction of sp³-hybridized carbons (Fsp3) is 0.320. The van der Waals surface area contributed by atoms with E-state index in [0.717, 1.165) is 27.7 Å². The highest BCUT2D eigenvalue weighted by Gasteiger charge is 2.25. The van der Waals surface area contributed by atoms with E-state index < -0.39 is 11.9 Å². The molecule has 1 amide bonds. The average Bonchev–Trinajstić information content (AvgIpc) is 3.43. The maximum absolute atomic E-state index is 13.2. The molecule has 0 radical (unpaired) electrons. The van der Waals surface area contributed by atoms with E-state index in [1.54, 1.807) is 23.1 Å². The van der Waals surface area contributed by atoms with Crippen LogP contribution in [0, 0.1) is 30.0 Å². The van der Waals surface area contributed by atoms with E-state index in [0.29, 0.717) is 11.5 Å². The van der Waals surface area contributed by atoms with Crippen LogP contribution >= 0.6 is 11.3 Å². The van der Waals surface area contributed by atoms with Crippen LogP contribution in [0.15, 0.2) is 48.5 Å². The predicted octanol–water partition coefficient (Wildman–Crippen LogP) is 6.40. The SMILES string of the molecule is Cc1nc(CC2CCCC2)sc1N(Cc1cccc(C#N)c1)C(=O)Oc1ccc(F)cc1. The first-order valence-corrected chi connectivity index (χ1v) is 11.5. The fourth-order valence-corrected chi connectivity index (χ4v) is 5.21. The topological polar surface area (TPSA) is 66.2 Å². The number of nitrogens with zero attached hydrogens (tertiary/aromatic N) is 3. The van der Waals surface area contributed by atoms with Crippen LogP contribution in [0.4, 0.5) is 14.2 Å². The third-order valence-corrected chi connectivity index (χ3v) is 6.84. The maximum Gasteiger partial charge on any atom is 0.420 e. The minimum absolute atomic E-state index is 0.238. The van der Waals surface area contributed by atoms with Gasteiger partial charge in [0.1, 0.15) is 16.6 Å². The van der Waals surface area contributed by atoms with Crippen LogP contribution in [0.2, 0.25) is 0 Å². The van der Waals surface area contributed by atoms with Gasteiger partial charge in [0.25, 0.3) is 0 Å². The van der Waals surface area contributed by atoms with Crippen molar-refractivity contribution < 1.29 is 13.9 Å². The van der Waals surface area contributed by atoms with Crippen LogP contribution in [0.5, 0.6) is 5.75 Å². The van der Waals surface area contributed by atoms with E-state index >= 15 is 0 Å². The Bertz CT molecular complexity index is 1130. The first kappa shape index (κ1) is 22.0. The number of ether oxygens (including phenoxy) is 1. The maximum atomic E-state index is 13.2. The average molecular weight is 450 g/mol. The lowest BCUT2D eigenvalue weighted by molar-refractivity contribution is 0.207. The summed E-state index contributed by atoms with van der Waals surface area (Å²) < 4.78 is 18.8. The standard InChI is InChI=1S/C25H24FN3O2S/c1-17-24(32-23(28-17)14-18-5-2-3-6-18)29(16-20-8-4-7-19(13-20)15-27)25(30)31-22-11-9-21(26)10-12-22/h4,7-13,18H,2-3,5-6,14,16H2,1H3. The zero-order chi connectivity index (χ0) is 22.5. The third-order valence-electron chi connectivity index (χ3n) is 5.64. The summed E-state index contributed by atoms with van der Waals surface area (Å²) in [6, 6.07) is 14.6. The second kappa shape index (κ2) is 9.92. The predicted molar refractivity (Wildman–Crippen MR) is 122 cm³/mol. The van der Waals surface area contributed by atoms with Gasteiger partial charge in [0.15, 0.2) is 0 Å². The van der Waals surface area contributed by atoms with Gasteiger partial charge in [0.05, 0.1) is 28.9 Å². The largest absolute Gasteiger partial charge is 0.420 e. The van der Waals surface area contributed by atoms with Gasteiger partial charge in [-0.15, -0.1) is 11.3 Å². The molecule has 4 rings (SSSR count). The van der Waals surface area contributed by atoms with E-state index in [2.05, 4.69) is 6.07 Å². The minimum atomic E-state index is -0.571. The number of aromatic nitrogens is 1. The molecule has 0 atom stereocenters. The summed E-state index contributed by atoms with van der Waals surface area (Å²) >= 11 is 1.51. The van der Waals surface area contributed by atoms with Crippen LogP contribution in [-0.4, -0.2) is 11.1 Å². The Morgan fingerprint density at radius 2 is 2.00 bits per heavy atom. The summed E-state index contributed by atoms with van der Waals surface area (Å²) in [5, 5.41) is 11.0. The Balaban J connectivity index is 1.61. The molecule has 5 nitrogen and oxygen atoms in total. The van der Waals surface area contributed by atoms with E-state index in [9.17, 15) is 14.4 Å². The molecule has 7 heteroatoms. The number of carbonyl (C=O) groups is 1. The van der Waals surface area contributed by atoms with Gasteiger partial charge in [-0.1, -0.05) is 37.8 Å². The molecule has 1 aromatic heterocycles. The lowest BCUT2D eigenvalue weighted by Crippen LogP contribution is -2.33. The molecule has 0 saturated heterocycles. The second-order valence-electron chi connectivity index (χ2n) is 8.07. The van der Waals surface area contributed by atoms with Crippen molar-refractivity contribution in [2.45, 2.75) is 45.6 Å². The number of halogens is 1. The molecule has 0 spiro atoms. The minimum Gasteiger partial charge on any atom is -0.410 e. The molecule has 164 valence electrons. The van der Waals surface area contributed by atoms with Crippen molar-refractivity contribution in [2.75, 3.05) is 4.90 Å². The Morgan fingerprint density at radius 1 is 1.25 bits per heavy atom. The molecule has 0 aliphatic heterocycles. The number of nitriles is 1. The molecule has 0 unspecified atom stereocenters. The zero-order valence-corrected chi connectivity index (χ0v) is 18.7. The van der Waals surface area contributed by atoms with Gasteiger partial charge in [0, 0.05) is 6.42 Å². The highest BCUT2D eigenvalue weighted by Crippen LogP contribution is 2.35. The van der Waals surface area contributed by atoms with Crippen LogP contribution in [-0.2, 0) is 13.0 Å². The number of hydrogen-bond donors (Lipinski definition) is 0. The van der Waals surface area contributed by atoms with Crippen molar-refractivity contribution >= 4 is 22.4 Å². The first-order valence-electron chi connectivity index (χ1n) is 10.7. The molecule has 32 heavy (non-hydrogen) atoms. The number of aryl methyl sites for hydroxylation is 1. The number of anilines is 1. The molecule has 3 aromatic rings. The van der Waals surface area contributed by atoms with Gasteiger partial charge in [-0.05, 0) is 54.8 Å². The molecule has 1 heterocycles. The number of benzene rings is 2. The van der Waals surface area contributed by atoms with Crippen molar-refractivity contribution in [3.8, 4) is 11.8 Å². The summed E-state index contributed by atoms with van der Waals surface area (Å²) in [7, 11) is 0. The quantitative estimate of drug-likeness (QED) is 0.437. The molecule has 2 aromatic carbocycles.